The van der Waals surface area contributed by atoms with Crippen LogP contribution >= 0.6 is 11.3 Å². The number of hydrogen-bond donors (Lipinski definition) is 1. The fraction of sp³-hybridized carbons (Fsp3) is 0.769. The zero-order valence-corrected chi connectivity index (χ0v) is 11.6. The lowest BCUT2D eigenvalue weighted by Crippen LogP contribution is -2.26. The van der Waals surface area contributed by atoms with Gasteiger partial charge in [0, 0.05) is 24.5 Å². The van der Waals surface area contributed by atoms with Crippen molar-refractivity contribution in [3.8, 4) is 0 Å². The second kappa shape index (κ2) is 6.36. The summed E-state index contributed by atoms with van der Waals surface area (Å²) in [5.74, 6) is 0. The summed E-state index contributed by atoms with van der Waals surface area (Å²) in [5.41, 5.74) is 6.98. The third kappa shape index (κ3) is 3.19. The Balaban J connectivity index is 2.10. The van der Waals surface area contributed by atoms with Gasteiger partial charge in [-0.05, 0) is 19.3 Å². The largest absolute Gasteiger partial charge is 0.348 e. The van der Waals surface area contributed by atoms with Crippen molar-refractivity contribution in [2.75, 3.05) is 18.0 Å². The van der Waals surface area contributed by atoms with Gasteiger partial charge in [-0.2, -0.15) is 0 Å². The molecule has 0 amide bonds. The molecule has 0 atom stereocenters. The van der Waals surface area contributed by atoms with Crippen LogP contribution in [-0.2, 0) is 13.0 Å². The maximum atomic E-state index is 5.78. The van der Waals surface area contributed by atoms with Crippen molar-refractivity contribution in [1.82, 2.24) is 4.98 Å². The van der Waals surface area contributed by atoms with Crippen molar-refractivity contribution >= 4 is 16.5 Å². The van der Waals surface area contributed by atoms with Crippen LogP contribution in [-0.4, -0.2) is 18.1 Å². The van der Waals surface area contributed by atoms with E-state index in [0.717, 1.165) is 6.42 Å². The van der Waals surface area contributed by atoms with E-state index in [9.17, 15) is 0 Å². The predicted octanol–water partition coefficient (Wildman–Crippen LogP) is 2.93. The number of rotatable bonds is 3. The van der Waals surface area contributed by atoms with Gasteiger partial charge in [-0.1, -0.05) is 26.2 Å². The van der Waals surface area contributed by atoms with Crippen LogP contribution in [0, 0.1) is 0 Å². The number of thiazole rings is 1. The molecule has 96 valence electrons. The molecule has 1 aromatic heterocycles. The van der Waals surface area contributed by atoms with Crippen LogP contribution in [0.2, 0.25) is 0 Å². The molecule has 0 saturated carbocycles. The molecular weight excluding hydrogens is 230 g/mol. The normalized spacial score (nSPS) is 17.9. The molecule has 0 radical (unpaired) electrons. The molecule has 0 unspecified atom stereocenters. The summed E-state index contributed by atoms with van der Waals surface area (Å²) in [6.07, 6.45) is 7.74. The number of nitrogens with zero attached hydrogens (tertiary/aromatic N) is 2. The molecular formula is C13H23N3S. The molecule has 0 aromatic carbocycles. The van der Waals surface area contributed by atoms with E-state index in [1.807, 2.05) is 0 Å². The van der Waals surface area contributed by atoms with Crippen molar-refractivity contribution in [1.29, 1.82) is 0 Å². The molecule has 17 heavy (non-hydrogen) atoms. The zero-order chi connectivity index (χ0) is 12.1. The van der Waals surface area contributed by atoms with E-state index in [4.69, 9.17) is 10.7 Å². The molecule has 1 aliphatic heterocycles. The van der Waals surface area contributed by atoms with Crippen molar-refractivity contribution in [2.45, 2.75) is 52.0 Å². The molecule has 4 heteroatoms. The molecule has 0 aliphatic carbocycles. The Labute approximate surface area is 108 Å². The highest BCUT2D eigenvalue weighted by Crippen LogP contribution is 2.28. The molecule has 1 aliphatic rings. The summed E-state index contributed by atoms with van der Waals surface area (Å²) in [5, 5.41) is 1.20. The number of aromatic nitrogens is 1. The maximum Gasteiger partial charge on any atom is 0.185 e. The Morgan fingerprint density at radius 3 is 2.35 bits per heavy atom. The molecule has 3 nitrogen and oxygen atoms in total. The second-order valence-corrected chi connectivity index (χ2v) is 5.74. The molecule has 2 heterocycles. The third-order valence-electron chi connectivity index (χ3n) is 3.41. The molecule has 2 rings (SSSR count). The predicted molar refractivity (Wildman–Crippen MR) is 74.7 cm³/mol. The fourth-order valence-corrected chi connectivity index (χ4v) is 3.46. The molecule has 2 N–H and O–H groups in total. The summed E-state index contributed by atoms with van der Waals surface area (Å²) in [6.45, 7) is 5.13. The Kier molecular flexibility index (Phi) is 4.80. The first kappa shape index (κ1) is 12.8. The Morgan fingerprint density at radius 2 is 1.82 bits per heavy atom. The van der Waals surface area contributed by atoms with Gasteiger partial charge in [-0.25, -0.2) is 4.98 Å². The minimum absolute atomic E-state index is 0.634. The van der Waals surface area contributed by atoms with Crippen molar-refractivity contribution < 1.29 is 0 Å². The van der Waals surface area contributed by atoms with E-state index in [-0.39, 0.29) is 0 Å². The number of nitrogens with two attached hydrogens (primary N) is 1. The van der Waals surface area contributed by atoms with E-state index in [0.29, 0.717) is 6.54 Å². The summed E-state index contributed by atoms with van der Waals surface area (Å²) in [7, 11) is 0. The van der Waals surface area contributed by atoms with Gasteiger partial charge in [0.05, 0.1) is 5.69 Å². The van der Waals surface area contributed by atoms with Gasteiger partial charge < -0.3 is 10.6 Å². The molecule has 1 saturated heterocycles. The van der Waals surface area contributed by atoms with Crippen LogP contribution in [0.5, 0.6) is 0 Å². The van der Waals surface area contributed by atoms with Gasteiger partial charge in [0.1, 0.15) is 0 Å². The minimum atomic E-state index is 0.634. The number of hydrogen-bond acceptors (Lipinski definition) is 4. The average molecular weight is 253 g/mol. The van der Waals surface area contributed by atoms with E-state index < -0.39 is 0 Å². The molecule has 1 aromatic rings. The van der Waals surface area contributed by atoms with E-state index >= 15 is 0 Å². The molecule has 1 fully saturated rings. The molecule has 0 spiro atoms. The second-order valence-electron chi connectivity index (χ2n) is 4.68. The number of aryl methyl sites for hydroxylation is 1. The van der Waals surface area contributed by atoms with Crippen LogP contribution in [0.1, 0.15) is 49.6 Å². The first-order valence-electron chi connectivity index (χ1n) is 6.78. The van der Waals surface area contributed by atoms with Gasteiger partial charge in [0.2, 0.25) is 0 Å². The van der Waals surface area contributed by atoms with Gasteiger partial charge in [0.15, 0.2) is 5.13 Å². The zero-order valence-electron chi connectivity index (χ0n) is 10.7. The smallest absolute Gasteiger partial charge is 0.185 e. The summed E-state index contributed by atoms with van der Waals surface area (Å²) in [6, 6.07) is 0. The van der Waals surface area contributed by atoms with E-state index in [1.165, 1.54) is 60.9 Å². The Bertz CT molecular complexity index is 319. The topological polar surface area (TPSA) is 42.2 Å². The average Bonchev–Trinajstić information content (AvgIpc) is 2.71. The minimum Gasteiger partial charge on any atom is -0.348 e. The summed E-state index contributed by atoms with van der Waals surface area (Å²) < 4.78 is 0. The van der Waals surface area contributed by atoms with Crippen LogP contribution in [0.4, 0.5) is 5.13 Å². The number of anilines is 1. The van der Waals surface area contributed by atoms with Crippen LogP contribution in [0.25, 0.3) is 0 Å². The Morgan fingerprint density at radius 1 is 1.18 bits per heavy atom. The van der Waals surface area contributed by atoms with Crippen LogP contribution in [0.3, 0.4) is 0 Å². The van der Waals surface area contributed by atoms with Crippen LogP contribution in [0.15, 0.2) is 0 Å². The SMILES string of the molecule is CCc1nc(N2CCCCCCC2)sc1CN. The highest BCUT2D eigenvalue weighted by molar-refractivity contribution is 7.15. The maximum absolute atomic E-state index is 5.78. The standard InChI is InChI=1S/C13H23N3S/c1-2-11-12(10-14)17-13(15-11)16-8-6-4-3-5-7-9-16/h2-10,14H2,1H3. The van der Waals surface area contributed by atoms with E-state index in [2.05, 4.69) is 11.8 Å². The van der Waals surface area contributed by atoms with Crippen molar-refractivity contribution in [2.24, 2.45) is 5.73 Å². The highest BCUT2D eigenvalue weighted by Gasteiger charge is 2.15. The van der Waals surface area contributed by atoms with Gasteiger partial charge >= 0.3 is 0 Å². The molecule has 0 bridgehead atoms. The van der Waals surface area contributed by atoms with Crippen molar-refractivity contribution in [3.05, 3.63) is 10.6 Å². The van der Waals surface area contributed by atoms with E-state index in [1.54, 1.807) is 11.3 Å². The van der Waals surface area contributed by atoms with Crippen molar-refractivity contribution in [3.63, 3.8) is 0 Å². The monoisotopic (exact) mass is 253 g/mol. The lowest BCUT2D eigenvalue weighted by molar-refractivity contribution is 0.555. The Hall–Kier alpha value is -0.610. The summed E-state index contributed by atoms with van der Waals surface area (Å²) in [4.78, 5) is 8.49. The first-order valence-corrected chi connectivity index (χ1v) is 7.60. The quantitative estimate of drug-likeness (QED) is 0.900. The third-order valence-corrected chi connectivity index (χ3v) is 4.59. The first-order chi connectivity index (χ1) is 8.35. The van der Waals surface area contributed by atoms with Gasteiger partial charge in [-0.3, -0.25) is 0 Å². The summed E-state index contributed by atoms with van der Waals surface area (Å²) >= 11 is 1.80. The van der Waals surface area contributed by atoms with Gasteiger partial charge in [-0.15, -0.1) is 11.3 Å². The highest BCUT2D eigenvalue weighted by atomic mass is 32.1. The van der Waals surface area contributed by atoms with Gasteiger partial charge in [0.25, 0.3) is 0 Å². The lowest BCUT2D eigenvalue weighted by atomic mass is 10.1. The van der Waals surface area contributed by atoms with Crippen LogP contribution < -0.4 is 10.6 Å². The lowest BCUT2D eigenvalue weighted by Gasteiger charge is -2.23. The fourth-order valence-electron chi connectivity index (χ4n) is 2.38.